The topological polar surface area (TPSA) is 87.3 Å². The highest BCUT2D eigenvalue weighted by molar-refractivity contribution is 8.77. The van der Waals surface area contributed by atoms with Crippen molar-refractivity contribution in [2.45, 2.75) is 77.1 Å². The van der Waals surface area contributed by atoms with Crippen molar-refractivity contribution >= 4 is 27.7 Å². The third kappa shape index (κ3) is 24.7. The summed E-state index contributed by atoms with van der Waals surface area (Å²) in [5.74, 6) is 0. The number of nitrogens with one attached hydrogen (secondary N) is 2. The van der Waals surface area contributed by atoms with Crippen LogP contribution in [0.25, 0.3) is 0 Å². The van der Waals surface area contributed by atoms with Gasteiger partial charge in [-0.25, -0.2) is 4.79 Å². The molecule has 0 heterocycles. The average molecular weight is 513 g/mol. The highest BCUT2D eigenvalue weighted by Crippen LogP contribution is 2.40. The molecule has 198 valence electrons. The molecule has 0 bridgehead atoms. The second kappa shape index (κ2) is 22.2. The Balaban J connectivity index is 3.60. The summed E-state index contributed by atoms with van der Waals surface area (Å²) in [5, 5.41) is 5.89. The Bertz CT molecular complexity index is 459. The first kappa shape index (κ1) is 32.8. The largest absolute Gasteiger partial charge is 0.450 e. The minimum absolute atomic E-state index is 0.0244. The Kier molecular flexibility index (Phi) is 22.1. The van der Waals surface area contributed by atoms with Gasteiger partial charge >= 0.3 is 6.09 Å². The lowest BCUT2D eigenvalue weighted by atomic mass is 10.1. The fourth-order valence-electron chi connectivity index (χ4n) is 2.35. The molecule has 1 atom stereocenters. The van der Waals surface area contributed by atoms with Gasteiger partial charge in [-0.05, 0) is 60.4 Å². The summed E-state index contributed by atoms with van der Waals surface area (Å²) in [5.41, 5.74) is 0.114. The van der Waals surface area contributed by atoms with Crippen molar-refractivity contribution < 1.29 is 28.5 Å². The van der Waals surface area contributed by atoms with E-state index in [0.717, 1.165) is 45.6 Å². The predicted octanol–water partition coefficient (Wildman–Crippen LogP) is 4.47. The SMILES string of the molecule is CCNCCOCCOCCNC(=O)OCCC(C)(C)SSC(C)OCCCCOC(C)C. The third-order valence-corrected chi connectivity index (χ3v) is 7.86. The number of carbonyl (C=O) groups excluding carboxylic acids is 1. The van der Waals surface area contributed by atoms with E-state index < -0.39 is 6.09 Å². The molecule has 0 aromatic carbocycles. The molecule has 0 radical (unpaired) electrons. The second-order valence-corrected chi connectivity index (χ2v) is 11.6. The van der Waals surface area contributed by atoms with Gasteiger partial charge in [0.25, 0.3) is 0 Å². The van der Waals surface area contributed by atoms with Gasteiger partial charge < -0.3 is 34.3 Å². The lowest BCUT2D eigenvalue weighted by Crippen LogP contribution is -2.29. The van der Waals surface area contributed by atoms with Gasteiger partial charge in [0.2, 0.25) is 0 Å². The van der Waals surface area contributed by atoms with Gasteiger partial charge in [0, 0.05) is 31.1 Å². The summed E-state index contributed by atoms with van der Waals surface area (Å²) in [6.45, 7) is 18.8. The van der Waals surface area contributed by atoms with E-state index in [1.165, 1.54) is 0 Å². The van der Waals surface area contributed by atoms with Gasteiger partial charge in [-0.2, -0.15) is 0 Å². The molecule has 1 amide bonds. The van der Waals surface area contributed by atoms with Crippen LogP contribution in [0.15, 0.2) is 0 Å². The molecule has 0 rings (SSSR count). The zero-order chi connectivity index (χ0) is 24.8. The van der Waals surface area contributed by atoms with Crippen LogP contribution < -0.4 is 10.6 Å². The molecule has 0 aromatic rings. The fraction of sp³-hybridized carbons (Fsp3) is 0.957. The molecule has 1 unspecified atom stereocenters. The molecule has 0 aliphatic heterocycles. The average Bonchev–Trinajstić information content (AvgIpc) is 2.75. The van der Waals surface area contributed by atoms with Crippen LogP contribution >= 0.6 is 21.6 Å². The summed E-state index contributed by atoms with van der Waals surface area (Å²) in [6.07, 6.45) is 2.66. The summed E-state index contributed by atoms with van der Waals surface area (Å²) in [6, 6.07) is 0. The minimum Gasteiger partial charge on any atom is -0.450 e. The van der Waals surface area contributed by atoms with Crippen molar-refractivity contribution in [3.63, 3.8) is 0 Å². The van der Waals surface area contributed by atoms with E-state index in [1.54, 1.807) is 21.6 Å². The predicted molar refractivity (Wildman–Crippen MR) is 139 cm³/mol. The molecule has 10 heteroatoms. The van der Waals surface area contributed by atoms with Gasteiger partial charge in [0.1, 0.15) is 5.44 Å². The lowest BCUT2D eigenvalue weighted by Gasteiger charge is -2.24. The molecule has 0 aromatic heterocycles. The van der Waals surface area contributed by atoms with Crippen molar-refractivity contribution in [2.24, 2.45) is 0 Å². The van der Waals surface area contributed by atoms with Gasteiger partial charge in [-0.15, -0.1) is 0 Å². The number of ether oxygens (including phenoxy) is 5. The van der Waals surface area contributed by atoms with Crippen molar-refractivity contribution in [3.05, 3.63) is 0 Å². The number of likely N-dealkylation sites (N-methyl/N-ethyl adjacent to an activating group) is 1. The summed E-state index contributed by atoms with van der Waals surface area (Å²) in [7, 11) is 3.48. The molecular weight excluding hydrogens is 464 g/mol. The van der Waals surface area contributed by atoms with Crippen LogP contribution in [-0.4, -0.2) is 88.3 Å². The standard InChI is InChI=1S/C23H48N2O6S2/c1-7-24-11-16-27-18-19-28-17-12-25-22(26)31-15-10-23(5,6)33-32-21(4)30-14-9-8-13-29-20(2)3/h20-21,24H,7-19H2,1-6H3,(H,25,26). The van der Waals surface area contributed by atoms with E-state index in [9.17, 15) is 4.79 Å². The van der Waals surface area contributed by atoms with E-state index in [2.05, 4.69) is 38.3 Å². The van der Waals surface area contributed by atoms with Crippen LogP contribution in [0, 0.1) is 0 Å². The quantitative estimate of drug-likeness (QED) is 0.117. The first-order chi connectivity index (χ1) is 15.8. The van der Waals surface area contributed by atoms with Gasteiger partial charge in [-0.3, -0.25) is 0 Å². The molecule has 0 spiro atoms. The molecule has 0 aliphatic rings. The van der Waals surface area contributed by atoms with Gasteiger partial charge in [0.05, 0.1) is 39.1 Å². The maximum absolute atomic E-state index is 11.8. The van der Waals surface area contributed by atoms with Crippen LogP contribution in [0.1, 0.15) is 60.8 Å². The number of unbranched alkanes of at least 4 members (excludes halogenated alkanes) is 1. The van der Waals surface area contributed by atoms with Crippen molar-refractivity contribution in [2.75, 3.05) is 65.9 Å². The van der Waals surface area contributed by atoms with Crippen molar-refractivity contribution in [1.29, 1.82) is 0 Å². The number of alkyl carbamates (subject to hydrolysis) is 1. The molecular formula is C23H48N2O6S2. The van der Waals surface area contributed by atoms with Crippen molar-refractivity contribution in [1.82, 2.24) is 10.6 Å². The minimum atomic E-state index is -0.410. The molecule has 8 nitrogen and oxygen atoms in total. The van der Waals surface area contributed by atoms with Crippen LogP contribution in [-0.2, 0) is 23.7 Å². The maximum atomic E-state index is 11.8. The summed E-state index contributed by atoms with van der Waals surface area (Å²) < 4.78 is 27.5. The lowest BCUT2D eigenvalue weighted by molar-refractivity contribution is 0.0494. The highest BCUT2D eigenvalue weighted by atomic mass is 33.1. The smallest absolute Gasteiger partial charge is 0.407 e. The Morgan fingerprint density at radius 1 is 0.879 bits per heavy atom. The Morgan fingerprint density at radius 3 is 2.15 bits per heavy atom. The number of amides is 1. The number of hydrogen-bond acceptors (Lipinski definition) is 9. The van der Waals surface area contributed by atoms with Crippen LogP contribution in [0.2, 0.25) is 0 Å². The van der Waals surface area contributed by atoms with E-state index in [4.69, 9.17) is 23.7 Å². The van der Waals surface area contributed by atoms with E-state index in [0.29, 0.717) is 39.6 Å². The monoisotopic (exact) mass is 512 g/mol. The Morgan fingerprint density at radius 2 is 1.52 bits per heavy atom. The Hall–Kier alpha value is -0.230. The number of rotatable bonds is 23. The normalized spacial score (nSPS) is 12.8. The van der Waals surface area contributed by atoms with Crippen molar-refractivity contribution in [3.8, 4) is 0 Å². The third-order valence-electron chi connectivity index (χ3n) is 4.25. The van der Waals surface area contributed by atoms with E-state index in [-0.39, 0.29) is 16.3 Å². The van der Waals surface area contributed by atoms with Crippen LogP contribution in [0.4, 0.5) is 4.79 Å². The summed E-state index contributed by atoms with van der Waals surface area (Å²) >= 11 is 0. The highest BCUT2D eigenvalue weighted by Gasteiger charge is 2.21. The van der Waals surface area contributed by atoms with Crippen LogP contribution in [0.5, 0.6) is 0 Å². The molecule has 0 aliphatic carbocycles. The molecule has 0 saturated carbocycles. The summed E-state index contributed by atoms with van der Waals surface area (Å²) in [4.78, 5) is 11.8. The van der Waals surface area contributed by atoms with E-state index >= 15 is 0 Å². The zero-order valence-corrected chi connectivity index (χ0v) is 23.2. The number of carbonyl (C=O) groups is 1. The maximum Gasteiger partial charge on any atom is 0.407 e. The first-order valence-corrected chi connectivity index (χ1v) is 14.3. The van der Waals surface area contributed by atoms with E-state index in [1.807, 2.05) is 13.8 Å². The Labute approximate surface area is 209 Å². The molecule has 0 saturated heterocycles. The van der Waals surface area contributed by atoms with Gasteiger partial charge in [0.15, 0.2) is 0 Å². The molecule has 0 fully saturated rings. The molecule has 33 heavy (non-hydrogen) atoms. The van der Waals surface area contributed by atoms with Gasteiger partial charge in [-0.1, -0.05) is 28.5 Å². The zero-order valence-electron chi connectivity index (χ0n) is 21.6. The second-order valence-electron chi connectivity index (χ2n) is 8.40. The fourth-order valence-corrected chi connectivity index (χ4v) is 4.67. The number of hydrogen-bond donors (Lipinski definition) is 2. The first-order valence-electron chi connectivity index (χ1n) is 12.1. The van der Waals surface area contributed by atoms with Crippen LogP contribution in [0.3, 0.4) is 0 Å². The molecule has 2 N–H and O–H groups in total.